The first kappa shape index (κ1) is 24.1. The average molecular weight is 472 g/mol. The van der Waals surface area contributed by atoms with Crippen LogP contribution < -0.4 is 4.74 Å². The summed E-state index contributed by atoms with van der Waals surface area (Å²) in [5.74, 6) is -0.128. The quantitative estimate of drug-likeness (QED) is 0.469. The van der Waals surface area contributed by atoms with Crippen molar-refractivity contribution >= 4 is 17.7 Å². The summed E-state index contributed by atoms with van der Waals surface area (Å²) >= 11 is 0. The van der Waals surface area contributed by atoms with Crippen LogP contribution in [0, 0.1) is 6.92 Å². The second kappa shape index (κ2) is 10.1. The van der Waals surface area contributed by atoms with Crippen molar-refractivity contribution in [1.82, 2.24) is 14.8 Å². The Balaban J connectivity index is 1.63. The van der Waals surface area contributed by atoms with Crippen LogP contribution in [0.5, 0.6) is 5.75 Å². The number of hydrogen-bond acceptors (Lipinski definition) is 5. The highest BCUT2D eigenvalue weighted by atomic mass is 16.5. The standard InChI is InChI=1S/C28H29N3O4/c1-20-8-4-5-12-24(20)28(15-25(32)30(2)18-21-9-6-11-23(14-21)35-3)16-26(33)31(27(28)34)19-22-10-7-13-29-17-22/h4-14,17H,15-16,18-19H2,1-3H3/t28-/m0/s1. The fraction of sp³-hybridized carbons (Fsp3) is 0.286. The van der Waals surface area contributed by atoms with Crippen LogP contribution in [0.15, 0.2) is 73.1 Å². The van der Waals surface area contributed by atoms with Crippen LogP contribution in [0.25, 0.3) is 0 Å². The Hall–Kier alpha value is -4.00. The Morgan fingerprint density at radius 3 is 2.57 bits per heavy atom. The summed E-state index contributed by atoms with van der Waals surface area (Å²) in [6.45, 7) is 2.40. The predicted molar refractivity (Wildman–Crippen MR) is 131 cm³/mol. The van der Waals surface area contributed by atoms with E-state index >= 15 is 0 Å². The second-order valence-corrected chi connectivity index (χ2v) is 9.00. The van der Waals surface area contributed by atoms with Crippen molar-refractivity contribution in [2.45, 2.75) is 38.3 Å². The van der Waals surface area contributed by atoms with Crippen molar-refractivity contribution in [2.75, 3.05) is 14.2 Å². The normalized spacial score (nSPS) is 17.5. The van der Waals surface area contributed by atoms with Gasteiger partial charge < -0.3 is 9.64 Å². The smallest absolute Gasteiger partial charge is 0.241 e. The fourth-order valence-electron chi connectivity index (χ4n) is 4.71. The lowest BCUT2D eigenvalue weighted by Crippen LogP contribution is -2.42. The first-order valence-electron chi connectivity index (χ1n) is 11.5. The third kappa shape index (κ3) is 4.94. The van der Waals surface area contributed by atoms with Gasteiger partial charge in [-0.1, -0.05) is 42.5 Å². The zero-order chi connectivity index (χ0) is 25.0. The molecule has 0 radical (unpaired) electrons. The number of pyridine rings is 1. The number of carbonyl (C=O) groups is 3. The molecule has 1 atom stereocenters. The maximum absolute atomic E-state index is 13.9. The van der Waals surface area contributed by atoms with Crippen molar-refractivity contribution in [2.24, 2.45) is 0 Å². The number of rotatable bonds is 8. The van der Waals surface area contributed by atoms with Gasteiger partial charge in [0, 0.05) is 38.8 Å². The molecule has 3 amide bonds. The number of nitrogens with zero attached hydrogens (tertiary/aromatic N) is 3. The van der Waals surface area contributed by atoms with Gasteiger partial charge in [-0.25, -0.2) is 0 Å². The zero-order valence-corrected chi connectivity index (χ0v) is 20.2. The van der Waals surface area contributed by atoms with Crippen LogP contribution in [0.1, 0.15) is 35.1 Å². The minimum atomic E-state index is -1.25. The van der Waals surface area contributed by atoms with Crippen molar-refractivity contribution in [3.63, 3.8) is 0 Å². The molecule has 2 aromatic carbocycles. The molecule has 7 heteroatoms. The monoisotopic (exact) mass is 471 g/mol. The van der Waals surface area contributed by atoms with Crippen LogP contribution >= 0.6 is 0 Å². The van der Waals surface area contributed by atoms with Crippen molar-refractivity contribution in [3.05, 3.63) is 95.3 Å². The molecule has 1 aromatic heterocycles. The highest BCUT2D eigenvalue weighted by Crippen LogP contribution is 2.42. The van der Waals surface area contributed by atoms with E-state index in [2.05, 4.69) is 4.98 Å². The van der Waals surface area contributed by atoms with Crippen molar-refractivity contribution in [3.8, 4) is 5.75 Å². The molecule has 2 heterocycles. The third-order valence-corrected chi connectivity index (χ3v) is 6.57. The maximum atomic E-state index is 13.9. The number of hydrogen-bond donors (Lipinski definition) is 0. The van der Waals surface area contributed by atoms with E-state index in [1.807, 2.05) is 61.5 Å². The fourth-order valence-corrected chi connectivity index (χ4v) is 4.71. The molecular formula is C28H29N3O4. The van der Waals surface area contributed by atoms with Gasteiger partial charge in [0.1, 0.15) is 5.75 Å². The van der Waals surface area contributed by atoms with Crippen LogP contribution in [-0.4, -0.2) is 46.7 Å². The number of ether oxygens (including phenoxy) is 1. The van der Waals surface area contributed by atoms with Gasteiger partial charge in [0.25, 0.3) is 0 Å². The maximum Gasteiger partial charge on any atom is 0.241 e. The molecule has 0 unspecified atom stereocenters. The molecule has 4 rings (SSSR count). The molecular weight excluding hydrogens is 442 g/mol. The van der Waals surface area contributed by atoms with E-state index in [9.17, 15) is 14.4 Å². The topological polar surface area (TPSA) is 79.8 Å². The van der Waals surface area contributed by atoms with Crippen molar-refractivity contribution in [1.29, 1.82) is 0 Å². The molecule has 0 spiro atoms. The van der Waals surface area contributed by atoms with Gasteiger partial charge in [-0.05, 0) is 47.4 Å². The molecule has 180 valence electrons. The summed E-state index contributed by atoms with van der Waals surface area (Å²) in [6.07, 6.45) is 3.15. The Kier molecular flexibility index (Phi) is 6.96. The molecule has 0 aliphatic carbocycles. The van der Waals surface area contributed by atoms with E-state index in [-0.39, 0.29) is 37.1 Å². The highest BCUT2D eigenvalue weighted by Gasteiger charge is 2.54. The number of benzene rings is 2. The summed E-state index contributed by atoms with van der Waals surface area (Å²) in [7, 11) is 3.31. The average Bonchev–Trinajstić information content (AvgIpc) is 3.09. The van der Waals surface area contributed by atoms with E-state index in [1.165, 1.54) is 4.90 Å². The number of likely N-dealkylation sites (tertiary alicyclic amines) is 1. The number of aromatic nitrogens is 1. The summed E-state index contributed by atoms with van der Waals surface area (Å²) in [4.78, 5) is 47.5. The largest absolute Gasteiger partial charge is 0.497 e. The first-order chi connectivity index (χ1) is 16.8. The first-order valence-corrected chi connectivity index (χ1v) is 11.5. The van der Waals surface area contributed by atoms with Crippen LogP contribution in [0.4, 0.5) is 0 Å². The van der Waals surface area contributed by atoms with Crippen LogP contribution in [0.3, 0.4) is 0 Å². The summed E-state index contributed by atoms with van der Waals surface area (Å²) < 4.78 is 5.28. The van der Waals surface area contributed by atoms with E-state index < -0.39 is 5.41 Å². The molecule has 1 aliphatic rings. The van der Waals surface area contributed by atoms with E-state index in [1.54, 1.807) is 37.5 Å². The Labute approximate surface area is 205 Å². The number of carbonyl (C=O) groups excluding carboxylic acids is 3. The molecule has 1 fully saturated rings. The number of imide groups is 1. The number of methoxy groups -OCH3 is 1. The molecule has 0 saturated carbocycles. The van der Waals surface area contributed by atoms with Gasteiger partial charge in [0.15, 0.2) is 0 Å². The molecule has 1 saturated heterocycles. The lowest BCUT2D eigenvalue weighted by molar-refractivity contribution is -0.143. The summed E-state index contributed by atoms with van der Waals surface area (Å²) in [6, 6.07) is 18.6. The third-order valence-electron chi connectivity index (χ3n) is 6.57. The lowest BCUT2D eigenvalue weighted by Gasteiger charge is -2.30. The SMILES string of the molecule is COc1cccc(CN(C)C(=O)C[C@@]2(c3ccccc3C)CC(=O)N(Cc3cccnc3)C2=O)c1. The van der Waals surface area contributed by atoms with Crippen molar-refractivity contribution < 1.29 is 19.1 Å². The lowest BCUT2D eigenvalue weighted by atomic mass is 9.74. The number of aryl methyl sites for hydroxylation is 1. The highest BCUT2D eigenvalue weighted by molar-refractivity contribution is 6.10. The molecule has 7 nitrogen and oxygen atoms in total. The number of amides is 3. The van der Waals surface area contributed by atoms with E-state index in [0.717, 1.165) is 22.3 Å². The molecule has 3 aromatic rings. The van der Waals surface area contributed by atoms with Gasteiger partial charge in [-0.15, -0.1) is 0 Å². The van der Waals surface area contributed by atoms with Gasteiger partial charge in [0.05, 0.1) is 19.1 Å². The predicted octanol–water partition coefficient (Wildman–Crippen LogP) is 3.64. The Morgan fingerprint density at radius 1 is 1.09 bits per heavy atom. The summed E-state index contributed by atoms with van der Waals surface area (Å²) in [5.41, 5.74) is 2.02. The molecule has 1 aliphatic heterocycles. The molecule has 0 N–H and O–H groups in total. The van der Waals surface area contributed by atoms with Crippen LogP contribution in [0.2, 0.25) is 0 Å². The van der Waals surface area contributed by atoms with E-state index in [0.29, 0.717) is 12.3 Å². The van der Waals surface area contributed by atoms with E-state index in [4.69, 9.17) is 4.74 Å². The Bertz CT molecular complexity index is 1240. The molecule has 0 bridgehead atoms. The van der Waals surface area contributed by atoms with Gasteiger partial charge in [0.2, 0.25) is 17.7 Å². The van der Waals surface area contributed by atoms with Gasteiger partial charge >= 0.3 is 0 Å². The van der Waals surface area contributed by atoms with Gasteiger partial charge in [-0.2, -0.15) is 0 Å². The Morgan fingerprint density at radius 2 is 1.86 bits per heavy atom. The van der Waals surface area contributed by atoms with Gasteiger partial charge in [-0.3, -0.25) is 24.3 Å². The van der Waals surface area contributed by atoms with Crippen LogP contribution in [-0.2, 0) is 32.9 Å². The molecule has 35 heavy (non-hydrogen) atoms. The zero-order valence-electron chi connectivity index (χ0n) is 20.2. The minimum absolute atomic E-state index is 0.0459. The minimum Gasteiger partial charge on any atom is -0.497 e. The second-order valence-electron chi connectivity index (χ2n) is 9.00. The summed E-state index contributed by atoms with van der Waals surface area (Å²) in [5, 5.41) is 0.